The molecule has 0 unspecified atom stereocenters. The first kappa shape index (κ1) is 18.2. The van der Waals surface area contributed by atoms with Crippen molar-refractivity contribution in [1.82, 2.24) is 9.80 Å². The standard InChI is InChI=1S/C21H23FN2O2S/c22-17-6-1-4-15(10-17)12-24-19-14-23(13-16(19)5-2-8-20(24)25)21(26)11-18-7-3-9-27-18/h1,3-4,6-7,9-10,16,19H,2,5,8,11-14H2/t16-,19+/m1/s1. The van der Waals surface area contributed by atoms with Gasteiger partial charge in [-0.05, 0) is 47.9 Å². The molecule has 142 valence electrons. The minimum atomic E-state index is -0.287. The molecule has 6 heteroatoms. The molecule has 2 atom stereocenters. The van der Waals surface area contributed by atoms with Crippen molar-refractivity contribution < 1.29 is 14.0 Å². The number of carbonyl (C=O) groups is 2. The third-order valence-electron chi connectivity index (χ3n) is 5.59. The van der Waals surface area contributed by atoms with Crippen molar-refractivity contribution >= 4 is 23.2 Å². The SMILES string of the molecule is O=C(Cc1cccs1)N1C[C@H]2CCCC(=O)N(Cc3cccc(F)c3)[C@H]2C1. The summed E-state index contributed by atoms with van der Waals surface area (Å²) in [6, 6.07) is 10.4. The summed E-state index contributed by atoms with van der Waals surface area (Å²) in [7, 11) is 0. The maximum Gasteiger partial charge on any atom is 0.227 e. The lowest BCUT2D eigenvalue weighted by molar-refractivity contribution is -0.135. The number of hydrogen-bond acceptors (Lipinski definition) is 3. The van der Waals surface area contributed by atoms with Crippen LogP contribution in [0.2, 0.25) is 0 Å². The monoisotopic (exact) mass is 386 g/mol. The van der Waals surface area contributed by atoms with Crippen molar-refractivity contribution in [2.45, 2.75) is 38.3 Å². The molecule has 2 amide bonds. The van der Waals surface area contributed by atoms with Gasteiger partial charge >= 0.3 is 0 Å². The van der Waals surface area contributed by atoms with E-state index in [0.29, 0.717) is 38.4 Å². The van der Waals surface area contributed by atoms with Crippen molar-refractivity contribution in [3.63, 3.8) is 0 Å². The zero-order valence-corrected chi connectivity index (χ0v) is 16.0. The van der Waals surface area contributed by atoms with Crippen LogP contribution in [0, 0.1) is 11.7 Å². The normalized spacial score (nSPS) is 22.6. The summed E-state index contributed by atoms with van der Waals surface area (Å²) in [6.07, 6.45) is 2.77. The second-order valence-electron chi connectivity index (χ2n) is 7.43. The molecule has 27 heavy (non-hydrogen) atoms. The summed E-state index contributed by atoms with van der Waals surface area (Å²) in [5.74, 6) is 0.255. The molecule has 2 aromatic rings. The van der Waals surface area contributed by atoms with E-state index in [1.165, 1.54) is 12.1 Å². The van der Waals surface area contributed by atoms with Gasteiger partial charge in [0.1, 0.15) is 5.82 Å². The number of carbonyl (C=O) groups excluding carboxylic acids is 2. The van der Waals surface area contributed by atoms with E-state index in [9.17, 15) is 14.0 Å². The highest BCUT2D eigenvalue weighted by Gasteiger charge is 2.41. The minimum absolute atomic E-state index is 0.0237. The lowest BCUT2D eigenvalue weighted by Crippen LogP contribution is -2.43. The van der Waals surface area contributed by atoms with E-state index in [1.807, 2.05) is 33.4 Å². The fourth-order valence-electron chi connectivity index (χ4n) is 4.25. The molecule has 0 bridgehead atoms. The van der Waals surface area contributed by atoms with Crippen LogP contribution < -0.4 is 0 Å². The van der Waals surface area contributed by atoms with E-state index in [1.54, 1.807) is 17.4 Å². The van der Waals surface area contributed by atoms with Gasteiger partial charge in [0.15, 0.2) is 0 Å². The highest BCUT2D eigenvalue weighted by molar-refractivity contribution is 7.10. The Morgan fingerprint density at radius 3 is 2.89 bits per heavy atom. The summed E-state index contributed by atoms with van der Waals surface area (Å²) in [5, 5.41) is 1.98. The van der Waals surface area contributed by atoms with Crippen LogP contribution in [0.1, 0.15) is 29.7 Å². The fraction of sp³-hybridized carbons (Fsp3) is 0.429. The minimum Gasteiger partial charge on any atom is -0.340 e. The quantitative estimate of drug-likeness (QED) is 0.807. The Labute approximate surface area is 162 Å². The van der Waals surface area contributed by atoms with Crippen molar-refractivity contribution in [3.05, 3.63) is 58.0 Å². The summed E-state index contributed by atoms with van der Waals surface area (Å²) in [5.41, 5.74) is 0.798. The Kier molecular flexibility index (Phi) is 5.25. The molecule has 2 fully saturated rings. The average Bonchev–Trinajstić information content (AvgIpc) is 3.27. The molecule has 1 aromatic heterocycles. The number of likely N-dealkylation sites (tertiary alicyclic amines) is 2. The van der Waals surface area contributed by atoms with Gasteiger partial charge in [0.05, 0.1) is 12.5 Å². The third-order valence-corrected chi connectivity index (χ3v) is 6.47. The van der Waals surface area contributed by atoms with E-state index in [0.717, 1.165) is 23.3 Å². The van der Waals surface area contributed by atoms with Crippen LogP contribution in [0.25, 0.3) is 0 Å². The molecule has 0 saturated carbocycles. The average molecular weight is 386 g/mol. The van der Waals surface area contributed by atoms with Crippen LogP contribution in [0.4, 0.5) is 4.39 Å². The van der Waals surface area contributed by atoms with Gasteiger partial charge < -0.3 is 9.80 Å². The summed E-state index contributed by atoms with van der Waals surface area (Å²) in [6.45, 7) is 1.70. The predicted octanol–water partition coefficient (Wildman–Crippen LogP) is 3.47. The zero-order chi connectivity index (χ0) is 18.8. The first-order valence-corrected chi connectivity index (χ1v) is 10.3. The van der Waals surface area contributed by atoms with E-state index in [-0.39, 0.29) is 23.7 Å². The van der Waals surface area contributed by atoms with Gasteiger partial charge in [-0.2, -0.15) is 0 Å². The largest absolute Gasteiger partial charge is 0.340 e. The summed E-state index contributed by atoms with van der Waals surface area (Å²) in [4.78, 5) is 30.3. The molecule has 4 rings (SSSR count). The van der Waals surface area contributed by atoms with Gasteiger partial charge in [-0.25, -0.2) is 4.39 Å². The number of fused-ring (bicyclic) bond motifs is 1. The first-order chi connectivity index (χ1) is 13.1. The van der Waals surface area contributed by atoms with Crippen molar-refractivity contribution in [2.24, 2.45) is 5.92 Å². The van der Waals surface area contributed by atoms with Gasteiger partial charge in [0.25, 0.3) is 0 Å². The van der Waals surface area contributed by atoms with E-state index in [2.05, 4.69) is 0 Å². The number of rotatable bonds is 4. The highest BCUT2D eigenvalue weighted by atomic mass is 32.1. The molecule has 0 N–H and O–H groups in total. The van der Waals surface area contributed by atoms with Crippen LogP contribution in [-0.4, -0.2) is 40.7 Å². The Hall–Kier alpha value is -2.21. The Bertz CT molecular complexity index is 823. The van der Waals surface area contributed by atoms with Crippen molar-refractivity contribution in [3.8, 4) is 0 Å². The molecular formula is C21H23FN2O2S. The fourth-order valence-corrected chi connectivity index (χ4v) is 4.95. The molecule has 2 aliphatic rings. The summed E-state index contributed by atoms with van der Waals surface area (Å²) >= 11 is 1.60. The maximum absolute atomic E-state index is 13.6. The number of halogens is 1. The van der Waals surface area contributed by atoms with E-state index < -0.39 is 0 Å². The number of benzene rings is 1. The number of hydrogen-bond donors (Lipinski definition) is 0. The van der Waals surface area contributed by atoms with Gasteiger partial charge in [0, 0.05) is 30.9 Å². The van der Waals surface area contributed by atoms with Gasteiger partial charge in [-0.15, -0.1) is 11.3 Å². The smallest absolute Gasteiger partial charge is 0.227 e. The molecular weight excluding hydrogens is 363 g/mol. The highest BCUT2D eigenvalue weighted by Crippen LogP contribution is 2.32. The van der Waals surface area contributed by atoms with Crippen LogP contribution in [0.15, 0.2) is 41.8 Å². The van der Waals surface area contributed by atoms with E-state index in [4.69, 9.17) is 0 Å². The lowest BCUT2D eigenvalue weighted by Gasteiger charge is -2.30. The Morgan fingerprint density at radius 2 is 2.11 bits per heavy atom. The van der Waals surface area contributed by atoms with Gasteiger partial charge in [-0.3, -0.25) is 9.59 Å². The Balaban J connectivity index is 1.50. The first-order valence-electron chi connectivity index (χ1n) is 9.44. The van der Waals surface area contributed by atoms with Crippen LogP contribution in [0.5, 0.6) is 0 Å². The molecule has 2 aliphatic heterocycles. The summed E-state index contributed by atoms with van der Waals surface area (Å²) < 4.78 is 13.6. The van der Waals surface area contributed by atoms with E-state index >= 15 is 0 Å². The van der Waals surface area contributed by atoms with Crippen LogP contribution in [-0.2, 0) is 22.6 Å². The number of nitrogens with zero attached hydrogens (tertiary/aromatic N) is 2. The molecule has 0 spiro atoms. The lowest BCUT2D eigenvalue weighted by atomic mass is 9.98. The van der Waals surface area contributed by atoms with Crippen molar-refractivity contribution in [2.75, 3.05) is 13.1 Å². The topological polar surface area (TPSA) is 40.6 Å². The molecule has 1 aromatic carbocycles. The molecule has 0 aliphatic carbocycles. The number of thiophene rings is 1. The molecule has 3 heterocycles. The molecule has 0 radical (unpaired) electrons. The zero-order valence-electron chi connectivity index (χ0n) is 15.1. The Morgan fingerprint density at radius 1 is 1.22 bits per heavy atom. The molecule has 4 nitrogen and oxygen atoms in total. The third kappa shape index (κ3) is 4.05. The maximum atomic E-state index is 13.6. The van der Waals surface area contributed by atoms with Crippen LogP contribution in [0.3, 0.4) is 0 Å². The molecule has 2 saturated heterocycles. The van der Waals surface area contributed by atoms with Crippen molar-refractivity contribution in [1.29, 1.82) is 0 Å². The van der Waals surface area contributed by atoms with Gasteiger partial charge in [-0.1, -0.05) is 18.2 Å². The van der Waals surface area contributed by atoms with Crippen LogP contribution >= 0.6 is 11.3 Å². The second kappa shape index (κ2) is 7.80. The van der Waals surface area contributed by atoms with Gasteiger partial charge in [0.2, 0.25) is 11.8 Å². The second-order valence-corrected chi connectivity index (χ2v) is 8.46. The number of amides is 2. The predicted molar refractivity (Wildman–Crippen MR) is 103 cm³/mol.